The molecule has 0 spiro atoms. The van der Waals surface area contributed by atoms with Crippen LogP contribution in [-0.2, 0) is 0 Å². The zero-order valence-electron chi connectivity index (χ0n) is 16.9. The van der Waals surface area contributed by atoms with Gasteiger partial charge >= 0.3 is 0 Å². The van der Waals surface area contributed by atoms with Crippen molar-refractivity contribution in [3.63, 3.8) is 0 Å². The van der Waals surface area contributed by atoms with Crippen molar-refractivity contribution in [2.45, 2.75) is 19.8 Å². The van der Waals surface area contributed by atoms with Gasteiger partial charge in [0, 0.05) is 55.4 Å². The highest BCUT2D eigenvalue weighted by molar-refractivity contribution is 5.83. The van der Waals surface area contributed by atoms with Crippen LogP contribution < -0.4 is 4.90 Å². The van der Waals surface area contributed by atoms with Gasteiger partial charge < -0.3 is 9.80 Å². The summed E-state index contributed by atoms with van der Waals surface area (Å²) in [6.45, 7) is 10.6. The van der Waals surface area contributed by atoms with E-state index in [4.69, 9.17) is 0 Å². The summed E-state index contributed by atoms with van der Waals surface area (Å²) in [7, 11) is 2.17. The van der Waals surface area contributed by atoms with E-state index in [2.05, 4.69) is 70.7 Å². The van der Waals surface area contributed by atoms with Crippen LogP contribution in [0.1, 0.15) is 35.2 Å². The first-order valence-corrected chi connectivity index (χ1v) is 10.0. The van der Waals surface area contributed by atoms with Crippen molar-refractivity contribution in [2.75, 3.05) is 38.1 Å². The number of nitrogens with zero attached hydrogens (tertiary/aromatic N) is 4. The van der Waals surface area contributed by atoms with Crippen molar-refractivity contribution < 1.29 is 0 Å². The molecule has 28 heavy (non-hydrogen) atoms. The van der Waals surface area contributed by atoms with Gasteiger partial charge in [0.05, 0.1) is 0 Å². The Labute approximate surface area is 167 Å². The Morgan fingerprint density at radius 2 is 1.89 bits per heavy atom. The minimum Gasteiger partial charge on any atom is -0.354 e. The van der Waals surface area contributed by atoms with Crippen molar-refractivity contribution in [1.82, 2.24) is 14.9 Å². The van der Waals surface area contributed by atoms with Gasteiger partial charge in [-0.15, -0.1) is 0 Å². The molecule has 0 bridgehead atoms. The number of hydrogen-bond donors (Lipinski definition) is 0. The maximum atomic E-state index is 4.65. The summed E-state index contributed by atoms with van der Waals surface area (Å²) in [5.74, 6) is 1.03. The van der Waals surface area contributed by atoms with Crippen LogP contribution in [0.3, 0.4) is 0 Å². The lowest BCUT2D eigenvalue weighted by Crippen LogP contribution is -2.44. The molecule has 0 atom stereocenters. The summed E-state index contributed by atoms with van der Waals surface area (Å²) < 4.78 is 0. The summed E-state index contributed by atoms with van der Waals surface area (Å²) in [4.78, 5) is 14.0. The number of piperazine rings is 1. The monoisotopic (exact) mass is 372 g/mol. The molecule has 4 heteroatoms. The third kappa shape index (κ3) is 3.92. The Balaban J connectivity index is 1.62. The van der Waals surface area contributed by atoms with Gasteiger partial charge in [-0.25, -0.2) is 4.98 Å². The van der Waals surface area contributed by atoms with Crippen LogP contribution in [0.15, 0.2) is 55.4 Å². The molecule has 1 saturated heterocycles. The van der Waals surface area contributed by atoms with Crippen molar-refractivity contribution in [3.05, 3.63) is 77.8 Å². The van der Waals surface area contributed by atoms with Crippen LogP contribution in [0.5, 0.6) is 0 Å². The normalized spacial score (nSPS) is 17.5. The van der Waals surface area contributed by atoms with E-state index in [0.717, 1.165) is 72.8 Å². The average molecular weight is 373 g/mol. The number of pyridine rings is 2. The van der Waals surface area contributed by atoms with Gasteiger partial charge in [-0.1, -0.05) is 24.8 Å². The van der Waals surface area contributed by atoms with E-state index in [1.165, 1.54) is 5.57 Å². The highest BCUT2D eigenvalue weighted by atomic mass is 15.3. The molecule has 144 valence electrons. The summed E-state index contributed by atoms with van der Waals surface area (Å²) >= 11 is 0. The van der Waals surface area contributed by atoms with Crippen molar-refractivity contribution in [2.24, 2.45) is 0 Å². The van der Waals surface area contributed by atoms with Gasteiger partial charge in [0.1, 0.15) is 5.82 Å². The standard InChI is InChI=1S/C24H28N4/c1-18(21-9-10-25-24(16-21)28-13-11-27(3)12-14-28)23-15-22(17-26-19(23)2)20-7-5-4-6-8-20/h5,7-10,15-17H,1,4,6,11-14H2,2-3H3. The zero-order valence-corrected chi connectivity index (χ0v) is 16.9. The Hall–Kier alpha value is -2.72. The second kappa shape index (κ2) is 8.11. The lowest BCUT2D eigenvalue weighted by atomic mass is 9.94. The fourth-order valence-corrected chi connectivity index (χ4v) is 3.79. The minimum atomic E-state index is 1.00. The number of allylic oxidation sites excluding steroid dienone is 4. The second-order valence-corrected chi connectivity index (χ2v) is 7.67. The van der Waals surface area contributed by atoms with E-state index in [0.29, 0.717) is 0 Å². The van der Waals surface area contributed by atoms with Gasteiger partial charge in [-0.05, 0) is 61.7 Å². The predicted octanol–water partition coefficient (Wildman–Crippen LogP) is 4.33. The van der Waals surface area contributed by atoms with Gasteiger partial charge in [-0.3, -0.25) is 4.98 Å². The number of aromatic nitrogens is 2. The van der Waals surface area contributed by atoms with Gasteiger partial charge in [0.2, 0.25) is 0 Å². The number of aryl methyl sites for hydroxylation is 1. The first-order valence-electron chi connectivity index (χ1n) is 10.0. The fourth-order valence-electron chi connectivity index (χ4n) is 3.79. The Kier molecular flexibility index (Phi) is 5.40. The van der Waals surface area contributed by atoms with Crippen LogP contribution in [0.25, 0.3) is 11.1 Å². The molecular weight excluding hydrogens is 344 g/mol. The highest BCUT2D eigenvalue weighted by Gasteiger charge is 2.17. The average Bonchev–Trinajstić information content (AvgIpc) is 2.75. The molecule has 1 fully saturated rings. The minimum absolute atomic E-state index is 1.00. The van der Waals surface area contributed by atoms with E-state index in [-0.39, 0.29) is 0 Å². The molecule has 0 amide bonds. The van der Waals surface area contributed by atoms with Crippen LogP contribution in [0.2, 0.25) is 0 Å². The molecule has 0 N–H and O–H groups in total. The molecule has 0 aromatic carbocycles. The van der Waals surface area contributed by atoms with Crippen LogP contribution in [0.4, 0.5) is 5.82 Å². The summed E-state index contributed by atoms with van der Waals surface area (Å²) in [6, 6.07) is 6.44. The first kappa shape index (κ1) is 18.6. The van der Waals surface area contributed by atoms with E-state index in [9.17, 15) is 0 Å². The van der Waals surface area contributed by atoms with Gasteiger partial charge in [-0.2, -0.15) is 0 Å². The van der Waals surface area contributed by atoms with Gasteiger partial charge in [0.25, 0.3) is 0 Å². The highest BCUT2D eigenvalue weighted by Crippen LogP contribution is 2.29. The largest absolute Gasteiger partial charge is 0.354 e. The first-order chi connectivity index (χ1) is 13.6. The van der Waals surface area contributed by atoms with E-state index < -0.39 is 0 Å². The number of hydrogen-bond acceptors (Lipinski definition) is 4. The van der Waals surface area contributed by atoms with Crippen LogP contribution in [0, 0.1) is 6.92 Å². The molecular formula is C24H28N4. The SMILES string of the molecule is C=C(c1ccnc(N2CCN(C)CC2)c1)c1cc(C2=CCCC=C2)cnc1C. The molecule has 2 aromatic rings. The lowest BCUT2D eigenvalue weighted by molar-refractivity contribution is 0.312. The Morgan fingerprint density at radius 1 is 1.07 bits per heavy atom. The van der Waals surface area contributed by atoms with Gasteiger partial charge in [0.15, 0.2) is 0 Å². The molecule has 2 aliphatic rings. The molecule has 0 radical (unpaired) electrons. The topological polar surface area (TPSA) is 32.3 Å². The summed E-state index contributed by atoms with van der Waals surface area (Å²) in [5.41, 5.74) is 6.64. The number of likely N-dealkylation sites (N-methyl/N-ethyl adjacent to an activating group) is 1. The van der Waals surface area contributed by atoms with Crippen molar-refractivity contribution in [3.8, 4) is 0 Å². The summed E-state index contributed by atoms with van der Waals surface area (Å²) in [6.07, 6.45) is 12.8. The molecule has 4 nitrogen and oxygen atoms in total. The van der Waals surface area contributed by atoms with Crippen molar-refractivity contribution in [1.29, 1.82) is 0 Å². The number of anilines is 1. The third-order valence-electron chi connectivity index (χ3n) is 5.66. The number of rotatable bonds is 4. The Morgan fingerprint density at radius 3 is 2.64 bits per heavy atom. The quantitative estimate of drug-likeness (QED) is 0.799. The molecule has 4 rings (SSSR count). The zero-order chi connectivity index (χ0) is 19.5. The smallest absolute Gasteiger partial charge is 0.129 e. The second-order valence-electron chi connectivity index (χ2n) is 7.67. The van der Waals surface area contributed by atoms with E-state index in [1.54, 1.807) is 0 Å². The molecule has 2 aromatic heterocycles. The van der Waals surface area contributed by atoms with E-state index in [1.807, 2.05) is 18.5 Å². The molecule has 1 aliphatic carbocycles. The fraction of sp³-hybridized carbons (Fsp3) is 0.333. The molecule has 0 saturated carbocycles. The van der Waals surface area contributed by atoms with Crippen LogP contribution in [-0.4, -0.2) is 48.1 Å². The maximum absolute atomic E-state index is 4.65. The molecule has 1 aliphatic heterocycles. The van der Waals surface area contributed by atoms with E-state index >= 15 is 0 Å². The summed E-state index contributed by atoms with van der Waals surface area (Å²) in [5, 5.41) is 0. The predicted molar refractivity (Wildman–Crippen MR) is 117 cm³/mol. The molecule has 3 heterocycles. The molecule has 0 unspecified atom stereocenters. The Bertz CT molecular complexity index is 933. The van der Waals surface area contributed by atoms with Crippen molar-refractivity contribution >= 4 is 17.0 Å². The lowest BCUT2D eigenvalue weighted by Gasteiger charge is -2.33. The van der Waals surface area contributed by atoms with Crippen LogP contribution >= 0.6 is 0 Å². The third-order valence-corrected chi connectivity index (χ3v) is 5.66. The maximum Gasteiger partial charge on any atom is 0.129 e.